The van der Waals surface area contributed by atoms with Gasteiger partial charge in [-0.2, -0.15) is 0 Å². The van der Waals surface area contributed by atoms with Crippen molar-refractivity contribution in [3.63, 3.8) is 0 Å². The van der Waals surface area contributed by atoms with Gasteiger partial charge >= 0.3 is 0 Å². The predicted octanol–water partition coefficient (Wildman–Crippen LogP) is 9.97. The highest BCUT2D eigenvalue weighted by atomic mass is 16.1. The molecule has 10 rings (SSSR count). The summed E-state index contributed by atoms with van der Waals surface area (Å²) in [5.41, 5.74) is 7.93. The van der Waals surface area contributed by atoms with Crippen LogP contribution in [0.5, 0.6) is 0 Å². The van der Waals surface area contributed by atoms with E-state index in [1.54, 1.807) is 0 Å². The molecular weight excluding hydrogens is 625 g/mol. The second-order valence-corrected chi connectivity index (χ2v) is 18.6. The van der Waals surface area contributed by atoms with Crippen LogP contribution >= 0.6 is 0 Å². The van der Waals surface area contributed by atoms with Crippen LogP contribution < -0.4 is 0 Å². The molecule has 0 radical (unpaired) electrons. The Balaban J connectivity index is 1.02. The third-order valence-electron chi connectivity index (χ3n) is 16.4. The minimum atomic E-state index is -0.102. The van der Waals surface area contributed by atoms with Crippen molar-refractivity contribution in [1.29, 1.82) is 0 Å². The van der Waals surface area contributed by atoms with E-state index in [0.717, 1.165) is 57.8 Å². The molecule has 0 aromatic heterocycles. The normalized spacial score (nSPS) is 42.4. The van der Waals surface area contributed by atoms with Crippen LogP contribution in [0.25, 0.3) is 0 Å². The summed E-state index contributed by atoms with van der Waals surface area (Å²) in [6.07, 6.45) is 9.20. The molecule has 9 atom stereocenters. The number of rotatable bonds is 3. The zero-order chi connectivity index (χ0) is 34.7. The molecule has 0 spiro atoms. The Morgan fingerprint density at radius 2 is 0.627 bits per heavy atom. The van der Waals surface area contributed by atoms with Gasteiger partial charge in [-0.1, -0.05) is 89.5 Å². The minimum absolute atomic E-state index is 0.0354. The van der Waals surface area contributed by atoms with Gasteiger partial charge in [-0.3, -0.25) is 14.4 Å². The minimum Gasteiger partial charge on any atom is -0.299 e. The molecule has 0 bridgehead atoms. The Morgan fingerprint density at radius 1 is 0.373 bits per heavy atom. The lowest BCUT2D eigenvalue weighted by Gasteiger charge is -2.48. The van der Waals surface area contributed by atoms with E-state index in [2.05, 4.69) is 93.6 Å². The van der Waals surface area contributed by atoms with E-state index < -0.39 is 0 Å². The first kappa shape index (κ1) is 32.3. The number of ketones is 3. The third kappa shape index (κ3) is 4.91. The fourth-order valence-corrected chi connectivity index (χ4v) is 14.3. The maximum Gasteiger partial charge on any atom is 0.139 e. The SMILES string of the molecule is Cc1ccc(C2CCC3C(C2)C(=O)C2C3C3C(=O)C4CC(c5ccc(C)cc5)CCC4C3C3C(=O)C4CC(c5ccc(C)cc5)CCC4C23)cc1. The molecule has 264 valence electrons. The number of fused-ring (bicyclic) bond motifs is 12. The first-order valence-corrected chi connectivity index (χ1v) is 20.6. The molecule has 0 aliphatic heterocycles. The Hall–Kier alpha value is -3.33. The fraction of sp³-hybridized carbons (Fsp3) is 0.562. The van der Waals surface area contributed by atoms with E-state index in [9.17, 15) is 0 Å². The van der Waals surface area contributed by atoms with Crippen molar-refractivity contribution in [2.75, 3.05) is 0 Å². The van der Waals surface area contributed by atoms with Gasteiger partial charge in [-0.05, 0) is 149 Å². The molecule has 7 aliphatic rings. The van der Waals surface area contributed by atoms with Crippen LogP contribution in [0, 0.1) is 91.8 Å². The number of Topliss-reactive ketones (excluding diaryl/α,β-unsaturated/α-hetero) is 3. The summed E-state index contributed by atoms with van der Waals surface area (Å²) < 4.78 is 0. The smallest absolute Gasteiger partial charge is 0.139 e. The average Bonchev–Trinajstić information content (AvgIpc) is 3.72. The van der Waals surface area contributed by atoms with Gasteiger partial charge in [0, 0.05) is 35.5 Å². The van der Waals surface area contributed by atoms with Gasteiger partial charge in [-0.25, -0.2) is 0 Å². The summed E-state index contributed by atoms with van der Waals surface area (Å²) in [7, 11) is 0. The van der Waals surface area contributed by atoms with Crippen molar-refractivity contribution in [2.24, 2.45) is 71.0 Å². The lowest BCUT2D eigenvalue weighted by molar-refractivity contribution is -0.138. The topological polar surface area (TPSA) is 51.2 Å². The van der Waals surface area contributed by atoms with Gasteiger partial charge in [0.1, 0.15) is 17.3 Å². The molecule has 0 N–H and O–H groups in total. The molecule has 9 unspecified atom stereocenters. The number of benzene rings is 3. The standard InChI is InChI=1S/C48H54O3/c1-25-4-10-28(11-5-25)31-16-19-34-37(22-31)46(49)43-40(34)44-42(36-21-18-33(24-39(36)47(44)50)30-14-8-27(3)9-15-30)45-41(43)35-20-17-32(23-38(35)48(45)51)29-12-6-26(2)7-13-29/h4-15,31-45H,16-24H2,1-3H3. The number of hydrogen-bond donors (Lipinski definition) is 0. The lowest BCUT2D eigenvalue weighted by atomic mass is 9.54. The van der Waals surface area contributed by atoms with Gasteiger partial charge < -0.3 is 0 Å². The summed E-state index contributed by atoms with van der Waals surface area (Å²) in [6.45, 7) is 6.42. The van der Waals surface area contributed by atoms with Crippen LogP contribution in [0.2, 0.25) is 0 Å². The number of hydrogen-bond acceptors (Lipinski definition) is 3. The average molecular weight is 679 g/mol. The van der Waals surface area contributed by atoms with Crippen LogP contribution in [0.4, 0.5) is 0 Å². The van der Waals surface area contributed by atoms with Gasteiger partial charge in [0.15, 0.2) is 0 Å². The van der Waals surface area contributed by atoms with Crippen LogP contribution in [-0.4, -0.2) is 17.3 Å². The Bertz CT molecular complexity index is 1620. The molecule has 7 aliphatic carbocycles. The van der Waals surface area contributed by atoms with E-state index in [-0.39, 0.29) is 53.3 Å². The lowest BCUT2D eigenvalue weighted by Crippen LogP contribution is -2.49. The highest BCUT2D eigenvalue weighted by Crippen LogP contribution is 2.71. The molecule has 3 nitrogen and oxygen atoms in total. The molecule has 3 aromatic rings. The Kier molecular flexibility index (Phi) is 7.67. The van der Waals surface area contributed by atoms with Crippen LogP contribution in [0.3, 0.4) is 0 Å². The van der Waals surface area contributed by atoms with Crippen molar-refractivity contribution >= 4 is 17.3 Å². The van der Waals surface area contributed by atoms with Gasteiger partial charge in [0.05, 0.1) is 0 Å². The summed E-state index contributed by atoms with van der Waals surface area (Å²) >= 11 is 0. The van der Waals surface area contributed by atoms with E-state index >= 15 is 14.4 Å². The summed E-state index contributed by atoms with van der Waals surface area (Å²) in [6, 6.07) is 27.0. The van der Waals surface area contributed by atoms with Crippen molar-refractivity contribution in [3.05, 3.63) is 106 Å². The number of carbonyl (C=O) groups is 3. The highest BCUT2D eigenvalue weighted by Gasteiger charge is 2.73. The second kappa shape index (κ2) is 12.1. The van der Waals surface area contributed by atoms with Crippen LogP contribution in [-0.2, 0) is 14.4 Å². The quantitative estimate of drug-likeness (QED) is 0.277. The summed E-state index contributed by atoms with van der Waals surface area (Å²) in [5, 5.41) is 0. The molecule has 51 heavy (non-hydrogen) atoms. The van der Waals surface area contributed by atoms with Gasteiger partial charge in [-0.15, -0.1) is 0 Å². The molecule has 0 saturated heterocycles. The molecule has 3 heteroatoms. The van der Waals surface area contributed by atoms with Crippen molar-refractivity contribution in [2.45, 2.75) is 96.3 Å². The monoisotopic (exact) mass is 678 g/mol. The number of carbonyl (C=O) groups excluding carboxylic acids is 3. The van der Waals surface area contributed by atoms with E-state index in [1.165, 1.54) is 33.4 Å². The van der Waals surface area contributed by atoms with Gasteiger partial charge in [0.2, 0.25) is 0 Å². The maximum atomic E-state index is 15.1. The van der Waals surface area contributed by atoms with Crippen molar-refractivity contribution < 1.29 is 14.4 Å². The molecule has 0 heterocycles. The van der Waals surface area contributed by atoms with Gasteiger partial charge in [0.25, 0.3) is 0 Å². The molecule has 3 aromatic carbocycles. The van der Waals surface area contributed by atoms with E-state index in [1.807, 2.05) is 0 Å². The highest BCUT2D eigenvalue weighted by molar-refractivity contribution is 5.96. The number of aryl methyl sites for hydroxylation is 3. The van der Waals surface area contributed by atoms with Crippen molar-refractivity contribution in [1.82, 2.24) is 0 Å². The zero-order valence-electron chi connectivity index (χ0n) is 30.7. The maximum absolute atomic E-state index is 15.1. The first-order chi connectivity index (χ1) is 24.8. The summed E-state index contributed by atoms with van der Waals surface area (Å²) in [5.74, 6) is 3.69. The molecule has 7 saturated carbocycles. The molecular formula is C48H54O3. The van der Waals surface area contributed by atoms with Crippen LogP contribution in [0.1, 0.15) is 109 Å². The zero-order valence-corrected chi connectivity index (χ0v) is 30.7. The fourth-order valence-electron chi connectivity index (χ4n) is 14.3. The largest absolute Gasteiger partial charge is 0.299 e. The van der Waals surface area contributed by atoms with Crippen molar-refractivity contribution in [3.8, 4) is 0 Å². The third-order valence-corrected chi connectivity index (χ3v) is 16.4. The summed E-state index contributed by atoms with van der Waals surface area (Å²) in [4.78, 5) is 45.3. The first-order valence-electron chi connectivity index (χ1n) is 20.6. The van der Waals surface area contributed by atoms with E-state index in [4.69, 9.17) is 0 Å². The molecule has 0 amide bonds. The molecule has 7 fully saturated rings. The predicted molar refractivity (Wildman–Crippen MR) is 200 cm³/mol. The van der Waals surface area contributed by atoms with E-state index in [0.29, 0.717) is 52.9 Å². The Labute approximate surface area is 304 Å². The van der Waals surface area contributed by atoms with Crippen LogP contribution in [0.15, 0.2) is 72.8 Å². The Morgan fingerprint density at radius 3 is 0.882 bits per heavy atom. The second-order valence-electron chi connectivity index (χ2n) is 18.6.